The van der Waals surface area contributed by atoms with Gasteiger partial charge >= 0.3 is 0 Å². The third-order valence-electron chi connectivity index (χ3n) is 2.23. The molecule has 0 fully saturated rings. The minimum absolute atomic E-state index is 0.0800. The molecule has 0 aliphatic carbocycles. The number of thioether (sulfide) groups is 1. The van der Waals surface area contributed by atoms with Crippen molar-refractivity contribution in [3.63, 3.8) is 0 Å². The van der Waals surface area contributed by atoms with Crippen molar-refractivity contribution in [2.24, 2.45) is 10.8 Å². The van der Waals surface area contributed by atoms with Gasteiger partial charge in [-0.25, -0.2) is 10.1 Å². The number of rotatable bonds is 6. The molecule has 0 unspecified atom stereocenters. The van der Waals surface area contributed by atoms with Gasteiger partial charge in [0.2, 0.25) is 11.1 Å². The van der Waals surface area contributed by atoms with Gasteiger partial charge in [-0.3, -0.25) is 4.79 Å². The highest BCUT2D eigenvalue weighted by Gasteiger charge is 2.10. The summed E-state index contributed by atoms with van der Waals surface area (Å²) in [6.07, 6.45) is 1.62. The number of anilines is 1. The largest absolute Gasteiger partial charge is 0.369 e. The number of primary amides is 1. The molecule has 1 amide bonds. The summed E-state index contributed by atoms with van der Waals surface area (Å²) in [5.41, 5.74) is 8.64. The van der Waals surface area contributed by atoms with E-state index in [0.29, 0.717) is 5.16 Å². The number of hydrazone groups is 1. The van der Waals surface area contributed by atoms with Crippen molar-refractivity contribution in [3.8, 4) is 0 Å². The van der Waals surface area contributed by atoms with Gasteiger partial charge in [0, 0.05) is 4.47 Å². The number of nitrogens with two attached hydrogens (primary N) is 2. The maximum absolute atomic E-state index is 10.7. The zero-order chi connectivity index (χ0) is 15.2. The third-order valence-corrected chi connectivity index (χ3v) is 3.69. The zero-order valence-electron chi connectivity index (χ0n) is 10.7. The Morgan fingerprint density at radius 2 is 2.33 bits per heavy atom. The molecule has 0 aliphatic rings. The summed E-state index contributed by atoms with van der Waals surface area (Å²) in [4.78, 5) is 10.7. The van der Waals surface area contributed by atoms with Crippen molar-refractivity contribution < 1.29 is 4.79 Å². The molecule has 1 aromatic carbocycles. The summed E-state index contributed by atoms with van der Waals surface area (Å²) < 4.78 is 2.16. The van der Waals surface area contributed by atoms with Crippen LogP contribution in [-0.4, -0.2) is 32.7 Å². The van der Waals surface area contributed by atoms with Crippen LogP contribution in [-0.2, 0) is 4.79 Å². The fourth-order valence-electron chi connectivity index (χ4n) is 1.34. The molecule has 0 saturated heterocycles. The van der Waals surface area contributed by atoms with E-state index < -0.39 is 5.91 Å². The third kappa shape index (κ3) is 4.46. The first-order valence-corrected chi connectivity index (χ1v) is 7.50. The second kappa shape index (κ2) is 7.09. The van der Waals surface area contributed by atoms with Gasteiger partial charge in [0.05, 0.1) is 12.0 Å². The fourth-order valence-corrected chi connectivity index (χ4v) is 2.35. The number of nitrogens with zero attached hydrogens (tertiary/aromatic N) is 4. The van der Waals surface area contributed by atoms with E-state index >= 15 is 0 Å². The molecule has 0 aliphatic heterocycles. The Kier molecular flexibility index (Phi) is 5.17. The highest BCUT2D eigenvalue weighted by molar-refractivity contribution is 9.10. The molecular formula is C11H12BrN7OS. The van der Waals surface area contributed by atoms with Gasteiger partial charge in [-0.05, 0) is 17.7 Å². The Morgan fingerprint density at radius 1 is 1.52 bits per heavy atom. The molecule has 0 spiro atoms. The second-order valence-electron chi connectivity index (χ2n) is 3.86. The van der Waals surface area contributed by atoms with Crippen molar-refractivity contribution in [2.75, 3.05) is 17.0 Å². The number of hydrogen-bond acceptors (Lipinski definition) is 7. The topological polar surface area (TPSA) is 124 Å². The Morgan fingerprint density at radius 3 is 3.05 bits per heavy atom. The summed E-state index contributed by atoms with van der Waals surface area (Å²) >= 11 is 4.47. The SMILES string of the molecule is NC(=O)CSc1nnc(N/N=C/c2cccc(Br)c2)n1N. The van der Waals surface area contributed by atoms with E-state index in [-0.39, 0.29) is 11.7 Å². The Balaban J connectivity index is 1.99. The molecule has 1 aromatic heterocycles. The lowest BCUT2D eigenvalue weighted by Crippen LogP contribution is -2.16. The van der Waals surface area contributed by atoms with Crippen LogP contribution in [0.3, 0.4) is 0 Å². The number of halogens is 1. The highest BCUT2D eigenvalue weighted by Crippen LogP contribution is 2.16. The van der Waals surface area contributed by atoms with Crippen LogP contribution in [0.4, 0.5) is 5.95 Å². The van der Waals surface area contributed by atoms with Gasteiger partial charge < -0.3 is 11.6 Å². The molecule has 8 nitrogen and oxygen atoms in total. The molecule has 2 aromatic rings. The van der Waals surface area contributed by atoms with Crippen LogP contribution in [0.5, 0.6) is 0 Å². The lowest BCUT2D eigenvalue weighted by Gasteiger charge is -2.01. The minimum atomic E-state index is -0.454. The molecule has 0 bridgehead atoms. The van der Waals surface area contributed by atoms with E-state index in [1.165, 1.54) is 4.68 Å². The van der Waals surface area contributed by atoms with Crippen molar-refractivity contribution in [2.45, 2.75) is 5.16 Å². The highest BCUT2D eigenvalue weighted by atomic mass is 79.9. The number of amides is 1. The van der Waals surface area contributed by atoms with Crippen molar-refractivity contribution in [3.05, 3.63) is 34.3 Å². The number of nitrogens with one attached hydrogen (secondary N) is 1. The Bertz CT molecular complexity index is 672. The van der Waals surface area contributed by atoms with Crippen molar-refractivity contribution in [1.29, 1.82) is 0 Å². The monoisotopic (exact) mass is 369 g/mol. The molecule has 5 N–H and O–H groups in total. The maximum atomic E-state index is 10.7. The van der Waals surface area contributed by atoms with E-state index in [1.807, 2.05) is 24.3 Å². The number of hydrogen-bond donors (Lipinski definition) is 3. The quantitative estimate of drug-likeness (QED) is 0.299. The first-order valence-electron chi connectivity index (χ1n) is 5.72. The van der Waals surface area contributed by atoms with Crippen LogP contribution in [0.15, 0.2) is 39.0 Å². The van der Waals surface area contributed by atoms with Gasteiger partial charge in [0.25, 0.3) is 5.95 Å². The molecule has 2 rings (SSSR count). The summed E-state index contributed by atoms with van der Waals surface area (Å²) in [5, 5.41) is 12.0. The lowest BCUT2D eigenvalue weighted by molar-refractivity contribution is -0.115. The van der Waals surface area contributed by atoms with Crippen molar-refractivity contribution >= 4 is 45.8 Å². The summed E-state index contributed by atoms with van der Waals surface area (Å²) in [6.45, 7) is 0. The molecule has 0 radical (unpaired) electrons. The number of carbonyl (C=O) groups is 1. The van der Waals surface area contributed by atoms with Crippen LogP contribution in [0.2, 0.25) is 0 Å². The second-order valence-corrected chi connectivity index (χ2v) is 5.71. The summed E-state index contributed by atoms with van der Waals surface area (Å²) in [7, 11) is 0. The van der Waals surface area contributed by atoms with Gasteiger partial charge in [-0.1, -0.05) is 39.8 Å². The van der Waals surface area contributed by atoms with E-state index in [1.54, 1.807) is 6.21 Å². The van der Waals surface area contributed by atoms with Crippen molar-refractivity contribution in [1.82, 2.24) is 14.9 Å². The number of nitrogen functional groups attached to an aromatic ring is 1. The number of benzene rings is 1. The first kappa shape index (κ1) is 15.3. The predicted molar refractivity (Wildman–Crippen MR) is 85.4 cm³/mol. The van der Waals surface area contributed by atoms with Crippen LogP contribution in [0.25, 0.3) is 0 Å². The molecule has 21 heavy (non-hydrogen) atoms. The molecule has 1 heterocycles. The zero-order valence-corrected chi connectivity index (χ0v) is 13.1. The van der Waals surface area contributed by atoms with E-state index in [4.69, 9.17) is 11.6 Å². The standard InChI is InChI=1S/C11H12BrN7OS/c12-8-3-1-2-7(4-8)5-15-16-10-17-18-11(19(10)14)21-6-9(13)20/h1-5H,6,14H2,(H2,13,20)(H,16,17)/b15-5+. The van der Waals surface area contributed by atoms with E-state index in [2.05, 4.69) is 36.7 Å². The van der Waals surface area contributed by atoms with Gasteiger partial charge in [0.15, 0.2) is 0 Å². The van der Waals surface area contributed by atoms with Gasteiger partial charge in [-0.15, -0.1) is 10.2 Å². The van der Waals surface area contributed by atoms with Crippen LogP contribution < -0.4 is 17.0 Å². The lowest BCUT2D eigenvalue weighted by atomic mass is 10.2. The molecule has 110 valence electrons. The fraction of sp³-hybridized carbons (Fsp3) is 0.0909. The van der Waals surface area contributed by atoms with Crippen LogP contribution in [0, 0.1) is 0 Å². The molecular weight excluding hydrogens is 358 g/mol. The molecule has 0 saturated carbocycles. The van der Waals surface area contributed by atoms with E-state index in [0.717, 1.165) is 21.8 Å². The normalized spacial score (nSPS) is 10.9. The molecule has 10 heteroatoms. The average molecular weight is 370 g/mol. The van der Waals surface area contributed by atoms with Gasteiger partial charge in [-0.2, -0.15) is 5.10 Å². The first-order chi connectivity index (χ1) is 10.1. The average Bonchev–Trinajstić information content (AvgIpc) is 2.78. The number of carbonyl (C=O) groups excluding carboxylic acids is 1. The smallest absolute Gasteiger partial charge is 0.264 e. The predicted octanol–water partition coefficient (Wildman–Crippen LogP) is 0.778. The maximum Gasteiger partial charge on any atom is 0.264 e. The summed E-state index contributed by atoms with van der Waals surface area (Å²) in [5.74, 6) is 5.65. The molecule has 0 atom stereocenters. The Hall–Kier alpha value is -2.07. The number of aromatic nitrogens is 3. The van der Waals surface area contributed by atoms with E-state index in [9.17, 15) is 4.79 Å². The van der Waals surface area contributed by atoms with Crippen LogP contribution in [0.1, 0.15) is 5.56 Å². The summed E-state index contributed by atoms with van der Waals surface area (Å²) in [6, 6.07) is 7.63. The Labute approximate surface area is 133 Å². The van der Waals surface area contributed by atoms with Crippen LogP contribution >= 0.6 is 27.7 Å². The minimum Gasteiger partial charge on any atom is -0.369 e. The van der Waals surface area contributed by atoms with Gasteiger partial charge in [0.1, 0.15) is 0 Å².